The highest BCUT2D eigenvalue weighted by atomic mass is 32.2. The largest absolute Gasteiger partial charge is 0.478 e. The van der Waals surface area contributed by atoms with Gasteiger partial charge in [-0.05, 0) is 24.6 Å². The third kappa shape index (κ3) is 5.80. The first-order valence-corrected chi connectivity index (χ1v) is 8.06. The standard InChI is InChI=1S/C13H19NO6S/c1-2-20-7-8-21(18,19)14-12(9-15)10-3-5-11(6-4-10)13(16)17/h3-6,12,14-15H,2,7-9H2,1H3,(H,16,17)/t12-/m0/s1. The number of hydrogen-bond donors (Lipinski definition) is 3. The zero-order valence-corrected chi connectivity index (χ0v) is 12.5. The molecule has 3 N–H and O–H groups in total. The molecule has 0 saturated heterocycles. The van der Waals surface area contributed by atoms with Crippen molar-refractivity contribution in [3.63, 3.8) is 0 Å². The van der Waals surface area contributed by atoms with Crippen LogP contribution in [-0.2, 0) is 14.8 Å². The summed E-state index contributed by atoms with van der Waals surface area (Å²) in [5, 5.41) is 18.1. The average Bonchev–Trinajstić information content (AvgIpc) is 2.45. The minimum atomic E-state index is -3.59. The summed E-state index contributed by atoms with van der Waals surface area (Å²) in [5.74, 6) is -1.27. The summed E-state index contributed by atoms with van der Waals surface area (Å²) in [7, 11) is -3.59. The third-order valence-corrected chi connectivity index (χ3v) is 4.11. The summed E-state index contributed by atoms with van der Waals surface area (Å²) in [5.41, 5.74) is 0.581. The Balaban J connectivity index is 2.76. The lowest BCUT2D eigenvalue weighted by atomic mass is 10.1. The van der Waals surface area contributed by atoms with Gasteiger partial charge in [-0.1, -0.05) is 12.1 Å². The van der Waals surface area contributed by atoms with Crippen molar-refractivity contribution in [3.05, 3.63) is 35.4 Å². The Bertz CT molecular complexity index is 555. The fourth-order valence-corrected chi connectivity index (χ4v) is 2.76. The second kappa shape index (κ2) is 8.08. The lowest BCUT2D eigenvalue weighted by Crippen LogP contribution is -2.34. The lowest BCUT2D eigenvalue weighted by Gasteiger charge is -2.17. The van der Waals surface area contributed by atoms with Gasteiger partial charge >= 0.3 is 5.97 Å². The van der Waals surface area contributed by atoms with E-state index in [0.717, 1.165) is 0 Å². The number of nitrogens with one attached hydrogen (secondary N) is 1. The molecule has 0 unspecified atom stereocenters. The van der Waals surface area contributed by atoms with Gasteiger partial charge in [0.05, 0.1) is 30.6 Å². The number of hydrogen-bond acceptors (Lipinski definition) is 5. The van der Waals surface area contributed by atoms with E-state index in [1.165, 1.54) is 24.3 Å². The molecule has 0 spiro atoms. The van der Waals surface area contributed by atoms with Crippen LogP contribution in [0.1, 0.15) is 28.9 Å². The lowest BCUT2D eigenvalue weighted by molar-refractivity contribution is 0.0697. The van der Waals surface area contributed by atoms with Crippen molar-refractivity contribution in [1.29, 1.82) is 0 Å². The maximum atomic E-state index is 11.8. The summed E-state index contributed by atoms with van der Waals surface area (Å²) in [6, 6.07) is 4.83. The van der Waals surface area contributed by atoms with Gasteiger partial charge in [0, 0.05) is 6.61 Å². The summed E-state index contributed by atoms with van der Waals surface area (Å²) in [4.78, 5) is 10.8. The highest BCUT2D eigenvalue weighted by Gasteiger charge is 2.19. The number of aliphatic hydroxyl groups is 1. The summed E-state index contributed by atoms with van der Waals surface area (Å²) < 4.78 is 31.0. The quantitative estimate of drug-likeness (QED) is 0.567. The van der Waals surface area contributed by atoms with Gasteiger partial charge in [0.1, 0.15) is 0 Å². The maximum absolute atomic E-state index is 11.8. The number of carboxylic acid groups (broad SMARTS) is 1. The van der Waals surface area contributed by atoms with Gasteiger partial charge < -0.3 is 14.9 Å². The number of aromatic carboxylic acids is 1. The van der Waals surface area contributed by atoms with Crippen molar-refractivity contribution in [2.24, 2.45) is 0 Å². The smallest absolute Gasteiger partial charge is 0.335 e. The highest BCUT2D eigenvalue weighted by Crippen LogP contribution is 2.15. The minimum absolute atomic E-state index is 0.0714. The molecule has 0 radical (unpaired) electrons. The van der Waals surface area contributed by atoms with Crippen molar-refractivity contribution in [2.45, 2.75) is 13.0 Å². The van der Waals surface area contributed by atoms with Crippen LogP contribution in [0.4, 0.5) is 0 Å². The molecule has 0 aliphatic rings. The molecule has 1 rings (SSSR count). The fourth-order valence-electron chi connectivity index (χ4n) is 1.66. The fraction of sp³-hybridized carbons (Fsp3) is 0.462. The number of carboxylic acids is 1. The topological polar surface area (TPSA) is 113 Å². The molecule has 7 nitrogen and oxygen atoms in total. The molecule has 8 heteroatoms. The molecule has 0 aromatic heterocycles. The Kier molecular flexibility index (Phi) is 6.76. The van der Waals surface area contributed by atoms with Gasteiger partial charge in [-0.2, -0.15) is 0 Å². The van der Waals surface area contributed by atoms with E-state index in [0.29, 0.717) is 12.2 Å². The monoisotopic (exact) mass is 317 g/mol. The molecular formula is C13H19NO6S. The molecule has 118 valence electrons. The molecule has 1 aromatic rings. The van der Waals surface area contributed by atoms with Crippen molar-refractivity contribution >= 4 is 16.0 Å². The first kappa shape index (κ1) is 17.6. The van der Waals surface area contributed by atoms with Gasteiger partial charge in [-0.3, -0.25) is 0 Å². The molecule has 1 aromatic carbocycles. The molecule has 1 atom stereocenters. The molecule has 0 fully saturated rings. The first-order valence-electron chi connectivity index (χ1n) is 6.41. The van der Waals surface area contributed by atoms with Crippen molar-refractivity contribution in [2.75, 3.05) is 25.6 Å². The third-order valence-electron chi connectivity index (χ3n) is 2.76. The number of benzene rings is 1. The zero-order chi connectivity index (χ0) is 15.9. The summed E-state index contributed by atoms with van der Waals surface area (Å²) >= 11 is 0. The number of sulfonamides is 1. The molecule has 0 bridgehead atoms. The first-order chi connectivity index (χ1) is 9.89. The Morgan fingerprint density at radius 2 is 1.95 bits per heavy atom. The Hall–Kier alpha value is -1.48. The van der Waals surface area contributed by atoms with Crippen LogP contribution in [0.3, 0.4) is 0 Å². The van der Waals surface area contributed by atoms with E-state index in [1.807, 2.05) is 0 Å². The molecule has 0 heterocycles. The van der Waals surface area contributed by atoms with Crippen LogP contribution in [0.15, 0.2) is 24.3 Å². The Morgan fingerprint density at radius 3 is 2.43 bits per heavy atom. The van der Waals surface area contributed by atoms with Gasteiger partial charge in [0.25, 0.3) is 0 Å². The Morgan fingerprint density at radius 1 is 1.33 bits per heavy atom. The number of aliphatic hydroxyl groups excluding tert-OH is 1. The summed E-state index contributed by atoms with van der Waals surface area (Å²) in [6.07, 6.45) is 0. The van der Waals surface area contributed by atoms with E-state index in [9.17, 15) is 18.3 Å². The predicted octanol–water partition coefficient (Wildman–Crippen LogP) is 0.374. The van der Waals surface area contributed by atoms with Crippen molar-refractivity contribution in [3.8, 4) is 0 Å². The zero-order valence-electron chi connectivity index (χ0n) is 11.7. The van der Waals surface area contributed by atoms with E-state index in [1.54, 1.807) is 6.92 Å². The molecule has 0 aliphatic heterocycles. The van der Waals surface area contributed by atoms with Gasteiger partial charge in [0.15, 0.2) is 0 Å². The molecule has 21 heavy (non-hydrogen) atoms. The van der Waals surface area contributed by atoms with Gasteiger partial charge in [0.2, 0.25) is 10.0 Å². The Labute approximate surface area is 123 Å². The van der Waals surface area contributed by atoms with Crippen LogP contribution in [0, 0.1) is 0 Å². The van der Waals surface area contributed by atoms with E-state index in [4.69, 9.17) is 9.84 Å². The van der Waals surface area contributed by atoms with Gasteiger partial charge in [-0.25, -0.2) is 17.9 Å². The van der Waals surface area contributed by atoms with Crippen LogP contribution in [0.5, 0.6) is 0 Å². The van der Waals surface area contributed by atoms with E-state index < -0.39 is 28.6 Å². The SMILES string of the molecule is CCOCCS(=O)(=O)N[C@@H](CO)c1ccc(C(=O)O)cc1. The highest BCUT2D eigenvalue weighted by molar-refractivity contribution is 7.89. The predicted molar refractivity (Wildman–Crippen MR) is 76.6 cm³/mol. The second-order valence-electron chi connectivity index (χ2n) is 4.30. The number of carbonyl (C=O) groups is 1. The summed E-state index contributed by atoms with van der Waals surface area (Å²) in [6.45, 7) is 1.83. The van der Waals surface area contributed by atoms with Crippen LogP contribution in [0.25, 0.3) is 0 Å². The molecule has 0 saturated carbocycles. The van der Waals surface area contributed by atoms with Crippen LogP contribution in [-0.4, -0.2) is 50.2 Å². The molecule has 0 amide bonds. The van der Waals surface area contributed by atoms with E-state index >= 15 is 0 Å². The second-order valence-corrected chi connectivity index (χ2v) is 6.17. The van der Waals surface area contributed by atoms with E-state index in [2.05, 4.69) is 4.72 Å². The van der Waals surface area contributed by atoms with E-state index in [-0.39, 0.29) is 17.9 Å². The van der Waals surface area contributed by atoms with Gasteiger partial charge in [-0.15, -0.1) is 0 Å². The minimum Gasteiger partial charge on any atom is -0.478 e. The number of ether oxygens (including phenoxy) is 1. The normalized spacial score (nSPS) is 13.0. The van der Waals surface area contributed by atoms with Crippen molar-refractivity contribution in [1.82, 2.24) is 4.72 Å². The molecule has 0 aliphatic carbocycles. The molecular weight excluding hydrogens is 298 g/mol. The van der Waals surface area contributed by atoms with Crippen molar-refractivity contribution < 1.29 is 28.2 Å². The van der Waals surface area contributed by atoms with Crippen LogP contribution < -0.4 is 4.72 Å². The average molecular weight is 317 g/mol. The number of rotatable bonds is 9. The van der Waals surface area contributed by atoms with Crippen LogP contribution in [0.2, 0.25) is 0 Å². The van der Waals surface area contributed by atoms with Crippen LogP contribution >= 0.6 is 0 Å². The maximum Gasteiger partial charge on any atom is 0.335 e.